The van der Waals surface area contributed by atoms with Crippen molar-refractivity contribution in [1.82, 2.24) is 15.0 Å². The van der Waals surface area contributed by atoms with E-state index in [2.05, 4.69) is 20.4 Å². The third-order valence-electron chi connectivity index (χ3n) is 2.71. The van der Waals surface area contributed by atoms with Gasteiger partial charge in [0.1, 0.15) is 0 Å². The Morgan fingerprint density at radius 1 is 1.21 bits per heavy atom. The monoisotopic (exact) mass is 274 g/mol. The van der Waals surface area contributed by atoms with Crippen LogP contribution in [0.15, 0.2) is 0 Å². The Bertz CT molecular complexity index is 413. The van der Waals surface area contributed by atoms with Gasteiger partial charge in [-0.1, -0.05) is 0 Å². The van der Waals surface area contributed by atoms with Crippen LogP contribution in [0.25, 0.3) is 0 Å². The highest BCUT2D eigenvalue weighted by Gasteiger charge is 2.17. The second kappa shape index (κ2) is 6.41. The quantitative estimate of drug-likeness (QED) is 0.606. The molecule has 0 atom stereocenters. The molecule has 106 valence electrons. The predicted octanol–water partition coefficient (Wildman–Crippen LogP) is 0.791. The maximum atomic E-state index is 12.1. The summed E-state index contributed by atoms with van der Waals surface area (Å²) in [4.78, 5) is 13.9. The van der Waals surface area contributed by atoms with E-state index in [0.29, 0.717) is 5.95 Å². The lowest BCUT2D eigenvalue weighted by Gasteiger charge is -2.26. The first-order valence-electron chi connectivity index (χ1n) is 6.07. The summed E-state index contributed by atoms with van der Waals surface area (Å²) in [6, 6.07) is -0.149. The fourth-order valence-corrected chi connectivity index (χ4v) is 1.85. The van der Waals surface area contributed by atoms with Gasteiger partial charge in [0, 0.05) is 13.1 Å². The van der Waals surface area contributed by atoms with E-state index in [-0.39, 0.29) is 12.0 Å². The van der Waals surface area contributed by atoms with Crippen molar-refractivity contribution in [3.05, 3.63) is 0 Å². The number of hydrogen-bond acceptors (Lipinski definition) is 7. The summed E-state index contributed by atoms with van der Waals surface area (Å²) in [7, 11) is 0. The van der Waals surface area contributed by atoms with E-state index in [4.69, 9.17) is 10.6 Å². The van der Waals surface area contributed by atoms with E-state index < -0.39 is 13.0 Å². The first-order chi connectivity index (χ1) is 9.19. The Morgan fingerprint density at radius 3 is 2.58 bits per heavy atom. The van der Waals surface area contributed by atoms with Crippen LogP contribution in [0.4, 0.5) is 20.7 Å². The SMILES string of the molecule is NNc1nc(OCC(F)F)nc(N2CCCCC2)n1. The zero-order chi connectivity index (χ0) is 13.7. The van der Waals surface area contributed by atoms with Gasteiger partial charge in [0.15, 0.2) is 6.61 Å². The molecule has 3 N–H and O–H groups in total. The Morgan fingerprint density at radius 2 is 1.95 bits per heavy atom. The molecular formula is C10H16F2N6O. The van der Waals surface area contributed by atoms with Crippen LogP contribution in [0.1, 0.15) is 19.3 Å². The maximum Gasteiger partial charge on any atom is 0.323 e. The zero-order valence-electron chi connectivity index (χ0n) is 10.4. The lowest BCUT2D eigenvalue weighted by atomic mass is 10.1. The molecule has 19 heavy (non-hydrogen) atoms. The lowest BCUT2D eigenvalue weighted by Crippen LogP contribution is -2.31. The number of alkyl halides is 2. The maximum absolute atomic E-state index is 12.1. The van der Waals surface area contributed by atoms with Crippen molar-refractivity contribution in [3.8, 4) is 6.01 Å². The molecule has 1 aromatic rings. The molecule has 2 rings (SSSR count). The largest absolute Gasteiger partial charge is 0.457 e. The van der Waals surface area contributed by atoms with Crippen LogP contribution in [0, 0.1) is 0 Å². The van der Waals surface area contributed by atoms with E-state index in [0.717, 1.165) is 32.4 Å². The number of rotatable bonds is 5. The van der Waals surface area contributed by atoms with Crippen molar-refractivity contribution in [3.63, 3.8) is 0 Å². The molecule has 1 fully saturated rings. The summed E-state index contributed by atoms with van der Waals surface area (Å²) >= 11 is 0. The molecule has 9 heteroatoms. The molecule has 0 radical (unpaired) electrons. The fourth-order valence-electron chi connectivity index (χ4n) is 1.85. The van der Waals surface area contributed by atoms with Crippen LogP contribution in [0.5, 0.6) is 6.01 Å². The highest BCUT2D eigenvalue weighted by atomic mass is 19.3. The Hall–Kier alpha value is -1.77. The number of halogens is 2. The van der Waals surface area contributed by atoms with Crippen molar-refractivity contribution in [2.45, 2.75) is 25.7 Å². The summed E-state index contributed by atoms with van der Waals surface area (Å²) in [6.07, 6.45) is 0.678. The molecule has 0 spiro atoms. The van der Waals surface area contributed by atoms with Gasteiger partial charge in [-0.2, -0.15) is 15.0 Å². The molecule has 0 unspecified atom stereocenters. The number of anilines is 2. The second-order valence-electron chi connectivity index (χ2n) is 4.14. The van der Waals surface area contributed by atoms with E-state index >= 15 is 0 Å². The molecule has 1 aromatic heterocycles. The van der Waals surface area contributed by atoms with Gasteiger partial charge in [-0.15, -0.1) is 0 Å². The second-order valence-corrected chi connectivity index (χ2v) is 4.14. The van der Waals surface area contributed by atoms with Crippen molar-refractivity contribution in [1.29, 1.82) is 0 Å². The molecule has 0 bridgehead atoms. The van der Waals surface area contributed by atoms with Crippen molar-refractivity contribution in [2.24, 2.45) is 5.84 Å². The Kier molecular flexibility index (Phi) is 4.61. The number of ether oxygens (including phenoxy) is 1. The molecule has 7 nitrogen and oxygen atoms in total. The van der Waals surface area contributed by atoms with Crippen LogP contribution in [-0.2, 0) is 0 Å². The van der Waals surface area contributed by atoms with Crippen LogP contribution in [-0.4, -0.2) is 41.1 Å². The summed E-state index contributed by atoms with van der Waals surface area (Å²) in [6.45, 7) is 0.887. The smallest absolute Gasteiger partial charge is 0.323 e. The van der Waals surface area contributed by atoms with Crippen LogP contribution >= 0.6 is 0 Å². The van der Waals surface area contributed by atoms with Crippen LogP contribution < -0.4 is 20.9 Å². The molecule has 0 amide bonds. The number of nitrogens with two attached hydrogens (primary N) is 1. The van der Waals surface area contributed by atoms with Gasteiger partial charge in [-0.25, -0.2) is 14.6 Å². The molecule has 1 aliphatic rings. The van der Waals surface area contributed by atoms with Gasteiger partial charge < -0.3 is 9.64 Å². The molecule has 0 saturated carbocycles. The third-order valence-corrected chi connectivity index (χ3v) is 2.71. The van der Waals surface area contributed by atoms with Crippen molar-refractivity contribution >= 4 is 11.9 Å². The van der Waals surface area contributed by atoms with Gasteiger partial charge >= 0.3 is 6.01 Å². The molecule has 0 aromatic carbocycles. The fraction of sp³-hybridized carbons (Fsp3) is 0.700. The Balaban J connectivity index is 2.14. The number of hydrazine groups is 1. The first kappa shape index (κ1) is 13.7. The Labute approximate surface area is 109 Å². The van der Waals surface area contributed by atoms with Crippen LogP contribution in [0.2, 0.25) is 0 Å². The highest BCUT2D eigenvalue weighted by molar-refractivity contribution is 5.37. The molecule has 1 saturated heterocycles. The van der Waals surface area contributed by atoms with Crippen LogP contribution in [0.3, 0.4) is 0 Å². The minimum atomic E-state index is -2.58. The third kappa shape index (κ3) is 3.85. The molecule has 1 aliphatic heterocycles. The highest BCUT2D eigenvalue weighted by Crippen LogP contribution is 2.19. The number of nitrogens with one attached hydrogen (secondary N) is 1. The van der Waals surface area contributed by atoms with E-state index in [1.54, 1.807) is 0 Å². The van der Waals surface area contributed by atoms with Crippen molar-refractivity contribution in [2.75, 3.05) is 30.0 Å². The molecule has 0 aliphatic carbocycles. The summed E-state index contributed by atoms with van der Waals surface area (Å²) in [5, 5.41) is 0. The minimum Gasteiger partial charge on any atom is -0.457 e. The van der Waals surface area contributed by atoms with Gasteiger partial charge in [-0.05, 0) is 19.3 Å². The van der Waals surface area contributed by atoms with Gasteiger partial charge in [0.2, 0.25) is 11.9 Å². The number of aromatic nitrogens is 3. The topological polar surface area (TPSA) is 89.2 Å². The van der Waals surface area contributed by atoms with E-state index in [1.165, 1.54) is 0 Å². The normalized spacial score (nSPS) is 15.7. The minimum absolute atomic E-state index is 0.0971. The van der Waals surface area contributed by atoms with E-state index in [9.17, 15) is 8.78 Å². The lowest BCUT2D eigenvalue weighted by molar-refractivity contribution is 0.0770. The van der Waals surface area contributed by atoms with Gasteiger partial charge in [0.25, 0.3) is 6.43 Å². The summed E-state index contributed by atoms with van der Waals surface area (Å²) in [5.74, 6) is 5.74. The first-order valence-corrected chi connectivity index (χ1v) is 6.07. The number of nitrogens with zero attached hydrogens (tertiary/aromatic N) is 4. The summed E-state index contributed by atoms with van der Waals surface area (Å²) < 4.78 is 29.0. The van der Waals surface area contributed by atoms with Gasteiger partial charge in [0.05, 0.1) is 0 Å². The molecular weight excluding hydrogens is 258 g/mol. The zero-order valence-corrected chi connectivity index (χ0v) is 10.4. The number of piperidine rings is 1. The standard InChI is InChI=1S/C10H16F2N6O/c11-7(12)6-19-10-15-8(17-13)14-9(16-10)18-4-2-1-3-5-18/h7H,1-6,13H2,(H,14,15,16,17). The van der Waals surface area contributed by atoms with Crippen molar-refractivity contribution < 1.29 is 13.5 Å². The summed E-state index contributed by atoms with van der Waals surface area (Å²) in [5.41, 5.74) is 2.28. The average Bonchev–Trinajstić information content (AvgIpc) is 2.45. The van der Waals surface area contributed by atoms with E-state index in [1.807, 2.05) is 4.90 Å². The average molecular weight is 274 g/mol. The predicted molar refractivity (Wildman–Crippen MR) is 65.2 cm³/mol. The van der Waals surface area contributed by atoms with Gasteiger partial charge in [-0.3, -0.25) is 5.43 Å². The number of nitrogen functional groups attached to an aromatic ring is 1. The molecule has 2 heterocycles. The number of hydrogen-bond donors (Lipinski definition) is 2.